The van der Waals surface area contributed by atoms with Crippen molar-refractivity contribution in [3.05, 3.63) is 54.1 Å². The largest absolute Gasteiger partial charge is 0.224 e. The van der Waals surface area contributed by atoms with Crippen LogP contribution < -0.4 is 0 Å². The maximum Gasteiger partial charge on any atom is 0.175 e. The first-order valence-corrected chi connectivity index (χ1v) is 9.25. The van der Waals surface area contributed by atoms with Crippen LogP contribution >= 0.6 is 0 Å². The second-order valence-electron chi connectivity index (χ2n) is 5.43. The van der Waals surface area contributed by atoms with Crippen LogP contribution in [0.1, 0.15) is 38.2 Å². The van der Waals surface area contributed by atoms with E-state index in [0.29, 0.717) is 10.8 Å². The molecule has 0 amide bonds. The van der Waals surface area contributed by atoms with Crippen LogP contribution in [0.4, 0.5) is 0 Å². The summed E-state index contributed by atoms with van der Waals surface area (Å²) in [6, 6.07) is 15.6. The van der Waals surface area contributed by atoms with E-state index in [4.69, 9.17) is 0 Å². The molecule has 0 aliphatic heterocycles. The van der Waals surface area contributed by atoms with Crippen molar-refractivity contribution in [1.29, 1.82) is 0 Å². The molecule has 0 saturated carbocycles. The molecule has 0 saturated heterocycles. The molecule has 0 atom stereocenters. The Morgan fingerprint density at radius 3 is 1.62 bits per heavy atom. The molecule has 0 bridgehead atoms. The Labute approximate surface area is 127 Å². The topological polar surface area (TPSA) is 34.1 Å². The van der Waals surface area contributed by atoms with Gasteiger partial charge in [-0.1, -0.05) is 50.2 Å². The molecule has 0 radical (unpaired) electrons. The lowest BCUT2D eigenvalue weighted by Crippen LogP contribution is -1.96. The van der Waals surface area contributed by atoms with E-state index in [0.717, 1.165) is 24.0 Å². The van der Waals surface area contributed by atoms with Crippen LogP contribution in [0, 0.1) is 0 Å². The SMILES string of the molecule is CCC(CC)c1ccc(-c2ccc(S(C)(=O)=O)cc2)cc1. The van der Waals surface area contributed by atoms with Gasteiger partial charge in [0.1, 0.15) is 0 Å². The summed E-state index contributed by atoms with van der Waals surface area (Å²) < 4.78 is 22.9. The summed E-state index contributed by atoms with van der Waals surface area (Å²) in [5, 5.41) is 0. The Hall–Kier alpha value is -1.61. The zero-order valence-electron chi connectivity index (χ0n) is 12.8. The average Bonchev–Trinajstić information content (AvgIpc) is 2.48. The molecule has 0 aliphatic carbocycles. The van der Waals surface area contributed by atoms with Gasteiger partial charge in [-0.05, 0) is 47.6 Å². The minimum absolute atomic E-state index is 0.361. The predicted molar refractivity (Wildman–Crippen MR) is 88.3 cm³/mol. The maximum absolute atomic E-state index is 11.5. The van der Waals surface area contributed by atoms with Gasteiger partial charge in [0.25, 0.3) is 0 Å². The molecule has 21 heavy (non-hydrogen) atoms. The van der Waals surface area contributed by atoms with Gasteiger partial charge < -0.3 is 0 Å². The number of rotatable bonds is 5. The first-order valence-electron chi connectivity index (χ1n) is 7.36. The normalized spacial score (nSPS) is 11.8. The molecule has 3 heteroatoms. The number of hydrogen-bond acceptors (Lipinski definition) is 2. The van der Waals surface area contributed by atoms with Gasteiger partial charge in [0, 0.05) is 6.26 Å². The molecule has 0 aliphatic rings. The lowest BCUT2D eigenvalue weighted by atomic mass is 9.92. The summed E-state index contributed by atoms with van der Waals surface area (Å²) in [6.45, 7) is 4.43. The van der Waals surface area contributed by atoms with Crippen molar-refractivity contribution < 1.29 is 8.42 Å². The highest BCUT2D eigenvalue weighted by molar-refractivity contribution is 7.90. The van der Waals surface area contributed by atoms with Gasteiger partial charge in [0.15, 0.2) is 9.84 Å². The van der Waals surface area contributed by atoms with Gasteiger partial charge in [0.05, 0.1) is 4.90 Å². The molecule has 0 fully saturated rings. The summed E-state index contributed by atoms with van der Waals surface area (Å²) in [6.07, 6.45) is 3.53. The molecular weight excluding hydrogens is 280 g/mol. The molecule has 0 spiro atoms. The third-order valence-electron chi connectivity index (χ3n) is 3.98. The molecular formula is C18H22O2S. The third kappa shape index (κ3) is 3.73. The third-order valence-corrected chi connectivity index (χ3v) is 5.11. The van der Waals surface area contributed by atoms with Crippen LogP contribution in [0.25, 0.3) is 11.1 Å². The standard InChI is InChI=1S/C18H22O2S/c1-4-14(5-2)15-6-8-16(9-7-15)17-10-12-18(13-11-17)21(3,19)20/h6-14H,4-5H2,1-3H3. The van der Waals surface area contributed by atoms with Crippen molar-refractivity contribution in [2.45, 2.75) is 37.5 Å². The van der Waals surface area contributed by atoms with Crippen LogP contribution in [-0.2, 0) is 9.84 Å². The molecule has 2 nitrogen and oxygen atoms in total. The van der Waals surface area contributed by atoms with E-state index >= 15 is 0 Å². The molecule has 112 valence electrons. The fourth-order valence-electron chi connectivity index (χ4n) is 2.60. The Morgan fingerprint density at radius 2 is 1.24 bits per heavy atom. The van der Waals surface area contributed by atoms with E-state index in [1.165, 1.54) is 11.8 Å². The van der Waals surface area contributed by atoms with E-state index in [-0.39, 0.29) is 0 Å². The van der Waals surface area contributed by atoms with Gasteiger partial charge in [0.2, 0.25) is 0 Å². The van der Waals surface area contributed by atoms with Crippen LogP contribution in [0.15, 0.2) is 53.4 Å². The highest BCUT2D eigenvalue weighted by Gasteiger charge is 2.08. The summed E-state index contributed by atoms with van der Waals surface area (Å²) >= 11 is 0. The van der Waals surface area contributed by atoms with Crippen molar-refractivity contribution in [2.75, 3.05) is 6.26 Å². The van der Waals surface area contributed by atoms with Crippen molar-refractivity contribution in [3.8, 4) is 11.1 Å². The van der Waals surface area contributed by atoms with Gasteiger partial charge in [-0.3, -0.25) is 0 Å². The van der Waals surface area contributed by atoms with Crippen LogP contribution in [-0.4, -0.2) is 14.7 Å². The Kier molecular flexibility index (Phi) is 4.84. The average molecular weight is 302 g/mol. The smallest absolute Gasteiger partial charge is 0.175 e. The van der Waals surface area contributed by atoms with Crippen LogP contribution in [0.2, 0.25) is 0 Å². The summed E-state index contributed by atoms with van der Waals surface area (Å²) in [5.41, 5.74) is 3.53. The van der Waals surface area contributed by atoms with Crippen molar-refractivity contribution in [1.82, 2.24) is 0 Å². The van der Waals surface area contributed by atoms with E-state index < -0.39 is 9.84 Å². The molecule has 2 rings (SSSR count). The quantitative estimate of drug-likeness (QED) is 0.805. The monoisotopic (exact) mass is 302 g/mol. The Bertz CT molecular complexity index is 679. The molecule has 2 aromatic carbocycles. The molecule has 0 N–H and O–H groups in total. The minimum Gasteiger partial charge on any atom is -0.224 e. The fourth-order valence-corrected chi connectivity index (χ4v) is 3.23. The number of benzene rings is 2. The van der Waals surface area contributed by atoms with Gasteiger partial charge in [-0.2, -0.15) is 0 Å². The van der Waals surface area contributed by atoms with E-state index in [2.05, 4.69) is 38.1 Å². The molecule has 0 aromatic heterocycles. The highest BCUT2D eigenvalue weighted by Crippen LogP contribution is 2.27. The number of sulfone groups is 1. The zero-order valence-corrected chi connectivity index (χ0v) is 13.7. The lowest BCUT2D eigenvalue weighted by Gasteiger charge is -2.13. The predicted octanol–water partition coefficient (Wildman–Crippen LogP) is 4.66. The Morgan fingerprint density at radius 1 is 0.810 bits per heavy atom. The Balaban J connectivity index is 2.27. The molecule has 0 unspecified atom stereocenters. The molecule has 2 aromatic rings. The number of hydrogen-bond donors (Lipinski definition) is 0. The minimum atomic E-state index is -3.13. The second kappa shape index (κ2) is 6.44. The summed E-state index contributed by atoms with van der Waals surface area (Å²) in [5.74, 6) is 0.617. The highest BCUT2D eigenvalue weighted by atomic mass is 32.2. The zero-order chi connectivity index (χ0) is 15.5. The first kappa shape index (κ1) is 15.8. The van der Waals surface area contributed by atoms with Crippen molar-refractivity contribution in [3.63, 3.8) is 0 Å². The first-order chi connectivity index (χ1) is 9.95. The van der Waals surface area contributed by atoms with Gasteiger partial charge in [-0.15, -0.1) is 0 Å². The van der Waals surface area contributed by atoms with Crippen LogP contribution in [0.3, 0.4) is 0 Å². The van der Waals surface area contributed by atoms with Gasteiger partial charge in [-0.25, -0.2) is 8.42 Å². The lowest BCUT2D eigenvalue weighted by molar-refractivity contribution is 0.602. The second-order valence-corrected chi connectivity index (χ2v) is 7.45. The fraction of sp³-hybridized carbons (Fsp3) is 0.333. The van der Waals surface area contributed by atoms with E-state index in [1.54, 1.807) is 12.1 Å². The van der Waals surface area contributed by atoms with Crippen LogP contribution in [0.5, 0.6) is 0 Å². The van der Waals surface area contributed by atoms with E-state index in [1.807, 2.05) is 12.1 Å². The van der Waals surface area contributed by atoms with Crippen molar-refractivity contribution >= 4 is 9.84 Å². The molecule has 0 heterocycles. The summed E-state index contributed by atoms with van der Waals surface area (Å²) in [4.78, 5) is 0.361. The van der Waals surface area contributed by atoms with Crippen molar-refractivity contribution in [2.24, 2.45) is 0 Å². The van der Waals surface area contributed by atoms with E-state index in [9.17, 15) is 8.42 Å². The maximum atomic E-state index is 11.5. The van der Waals surface area contributed by atoms with Gasteiger partial charge >= 0.3 is 0 Å². The summed E-state index contributed by atoms with van der Waals surface area (Å²) in [7, 11) is -3.13.